The van der Waals surface area contributed by atoms with E-state index in [9.17, 15) is 0 Å². The van der Waals surface area contributed by atoms with Gasteiger partial charge in [0.15, 0.2) is 0 Å². The van der Waals surface area contributed by atoms with Gasteiger partial charge in [0.2, 0.25) is 0 Å². The lowest BCUT2D eigenvalue weighted by atomic mass is 10.1. The summed E-state index contributed by atoms with van der Waals surface area (Å²) in [7, 11) is 0. The summed E-state index contributed by atoms with van der Waals surface area (Å²) in [5.74, 6) is 0. The van der Waals surface area contributed by atoms with Crippen LogP contribution in [0.2, 0.25) is 0 Å². The molecular weight excluding hydrogens is 168 g/mol. The van der Waals surface area contributed by atoms with Crippen LogP contribution in [0, 0.1) is 0 Å². The summed E-state index contributed by atoms with van der Waals surface area (Å²) in [6.45, 7) is 2.02. The third-order valence-electron chi connectivity index (χ3n) is 2.36. The van der Waals surface area contributed by atoms with E-state index in [-0.39, 0.29) is 6.61 Å². The van der Waals surface area contributed by atoms with Gasteiger partial charge in [-0.1, -0.05) is 5.21 Å². The maximum Gasteiger partial charge on any atom is 0.108 e. The highest BCUT2D eigenvalue weighted by atomic mass is 16.3. The molecule has 0 aromatic carbocycles. The fourth-order valence-corrected chi connectivity index (χ4v) is 1.62. The zero-order valence-corrected chi connectivity index (χ0v) is 7.48. The molecule has 5 heteroatoms. The first-order valence-corrected chi connectivity index (χ1v) is 4.62. The normalized spacial score (nSPS) is 23.3. The van der Waals surface area contributed by atoms with Crippen LogP contribution < -0.4 is 5.32 Å². The van der Waals surface area contributed by atoms with Gasteiger partial charge in [0.25, 0.3) is 0 Å². The van der Waals surface area contributed by atoms with Crippen molar-refractivity contribution >= 4 is 0 Å². The summed E-state index contributed by atoms with van der Waals surface area (Å²) >= 11 is 0. The number of rotatable bonds is 2. The molecule has 2 N–H and O–H groups in total. The number of aliphatic hydroxyl groups is 1. The molecule has 0 aliphatic carbocycles. The lowest BCUT2D eigenvalue weighted by molar-refractivity contribution is 0.276. The summed E-state index contributed by atoms with van der Waals surface area (Å²) < 4.78 is 1.84. The van der Waals surface area contributed by atoms with Crippen LogP contribution in [0.5, 0.6) is 0 Å². The molecule has 0 bridgehead atoms. The van der Waals surface area contributed by atoms with E-state index in [1.165, 1.54) is 6.42 Å². The third kappa shape index (κ3) is 1.87. The highest BCUT2D eigenvalue weighted by Crippen LogP contribution is 2.14. The van der Waals surface area contributed by atoms with Gasteiger partial charge in [-0.05, 0) is 19.4 Å². The lowest BCUT2D eigenvalue weighted by Crippen LogP contribution is -2.31. The smallest absolute Gasteiger partial charge is 0.108 e. The minimum Gasteiger partial charge on any atom is -0.390 e. The summed E-state index contributed by atoms with van der Waals surface area (Å²) in [6, 6.07) is 0.404. The number of hydrogen-bond donors (Lipinski definition) is 2. The molecular formula is C8H14N4O. The number of hydrogen-bond acceptors (Lipinski definition) is 4. The number of nitrogens with zero attached hydrogens (tertiary/aromatic N) is 3. The van der Waals surface area contributed by atoms with Crippen LogP contribution in [0.25, 0.3) is 0 Å². The number of aliphatic hydroxyl groups excluding tert-OH is 1. The van der Waals surface area contributed by atoms with Crippen molar-refractivity contribution in [3.8, 4) is 0 Å². The van der Waals surface area contributed by atoms with Gasteiger partial charge in [-0.3, -0.25) is 0 Å². The molecule has 72 valence electrons. The first kappa shape index (κ1) is 8.65. The van der Waals surface area contributed by atoms with Gasteiger partial charge in [-0.25, -0.2) is 4.68 Å². The van der Waals surface area contributed by atoms with Gasteiger partial charge in [0.05, 0.1) is 18.8 Å². The van der Waals surface area contributed by atoms with Crippen molar-refractivity contribution in [1.82, 2.24) is 20.3 Å². The second kappa shape index (κ2) is 3.85. The van der Waals surface area contributed by atoms with Gasteiger partial charge < -0.3 is 10.4 Å². The van der Waals surface area contributed by atoms with E-state index in [1.54, 1.807) is 0 Å². The molecule has 1 fully saturated rings. The minimum atomic E-state index is -0.0276. The maximum absolute atomic E-state index is 8.82. The molecule has 0 radical (unpaired) electrons. The van der Waals surface area contributed by atoms with Crippen LogP contribution in [0.15, 0.2) is 6.20 Å². The number of nitrogens with one attached hydrogen (secondary N) is 1. The van der Waals surface area contributed by atoms with Gasteiger partial charge in [-0.15, -0.1) is 5.10 Å². The van der Waals surface area contributed by atoms with Crippen LogP contribution in [-0.4, -0.2) is 33.2 Å². The largest absolute Gasteiger partial charge is 0.390 e. The lowest BCUT2D eigenvalue weighted by Gasteiger charge is -2.22. The van der Waals surface area contributed by atoms with Crippen molar-refractivity contribution in [1.29, 1.82) is 0 Å². The zero-order valence-electron chi connectivity index (χ0n) is 7.48. The molecule has 1 saturated heterocycles. The molecule has 2 heterocycles. The summed E-state index contributed by atoms with van der Waals surface area (Å²) in [5, 5.41) is 19.9. The molecule has 1 aromatic rings. The van der Waals surface area contributed by atoms with Crippen molar-refractivity contribution in [3.63, 3.8) is 0 Å². The average molecular weight is 182 g/mol. The Balaban J connectivity index is 2.05. The van der Waals surface area contributed by atoms with Gasteiger partial charge >= 0.3 is 0 Å². The highest BCUT2D eigenvalue weighted by Gasteiger charge is 2.15. The molecule has 1 aliphatic heterocycles. The van der Waals surface area contributed by atoms with Gasteiger partial charge in [-0.2, -0.15) is 0 Å². The highest BCUT2D eigenvalue weighted by molar-refractivity contribution is 4.91. The van der Waals surface area contributed by atoms with E-state index in [0.29, 0.717) is 11.7 Å². The van der Waals surface area contributed by atoms with E-state index in [4.69, 9.17) is 5.11 Å². The van der Waals surface area contributed by atoms with Crippen molar-refractivity contribution < 1.29 is 5.11 Å². The zero-order chi connectivity index (χ0) is 9.10. The predicted octanol–water partition coefficient (Wildman–Crippen LogP) is -0.305. The Morgan fingerprint density at radius 1 is 1.69 bits per heavy atom. The molecule has 1 aliphatic rings. The van der Waals surface area contributed by atoms with Crippen LogP contribution in [0.1, 0.15) is 24.6 Å². The molecule has 1 atom stereocenters. The maximum atomic E-state index is 8.82. The minimum absolute atomic E-state index is 0.0276. The molecule has 1 aromatic heterocycles. The number of aromatic nitrogens is 3. The second-order valence-corrected chi connectivity index (χ2v) is 3.35. The topological polar surface area (TPSA) is 63.0 Å². The average Bonchev–Trinajstić information content (AvgIpc) is 2.67. The molecule has 1 unspecified atom stereocenters. The Morgan fingerprint density at radius 3 is 3.23 bits per heavy atom. The van der Waals surface area contributed by atoms with Crippen molar-refractivity contribution in [3.05, 3.63) is 11.9 Å². The first-order valence-electron chi connectivity index (χ1n) is 4.62. The summed E-state index contributed by atoms with van der Waals surface area (Å²) in [5.41, 5.74) is 0.644. The van der Waals surface area contributed by atoms with Crippen LogP contribution in [0.4, 0.5) is 0 Å². The van der Waals surface area contributed by atoms with E-state index < -0.39 is 0 Å². The van der Waals surface area contributed by atoms with Crippen LogP contribution >= 0.6 is 0 Å². The summed E-state index contributed by atoms with van der Waals surface area (Å²) in [6.07, 6.45) is 4.14. The van der Waals surface area contributed by atoms with Crippen LogP contribution in [0.3, 0.4) is 0 Å². The Bertz CT molecular complexity index is 267. The fourth-order valence-electron chi connectivity index (χ4n) is 1.62. The van der Waals surface area contributed by atoms with E-state index in [2.05, 4.69) is 15.6 Å². The molecule has 2 rings (SSSR count). The second-order valence-electron chi connectivity index (χ2n) is 3.35. The Morgan fingerprint density at radius 2 is 2.62 bits per heavy atom. The fraction of sp³-hybridized carbons (Fsp3) is 0.750. The monoisotopic (exact) mass is 182 g/mol. The first-order chi connectivity index (χ1) is 6.40. The number of piperidine rings is 1. The quantitative estimate of drug-likeness (QED) is 0.659. The Kier molecular flexibility index (Phi) is 2.56. The predicted molar refractivity (Wildman–Crippen MR) is 47.1 cm³/mol. The van der Waals surface area contributed by atoms with Gasteiger partial charge in [0, 0.05) is 6.54 Å². The molecule has 0 spiro atoms. The van der Waals surface area contributed by atoms with Crippen molar-refractivity contribution in [2.45, 2.75) is 25.5 Å². The standard InChI is InChI=1S/C8H14N4O/c13-6-7-5-12(11-10-7)8-2-1-3-9-4-8/h5,8-9,13H,1-4,6H2. The summed E-state index contributed by atoms with van der Waals surface area (Å²) in [4.78, 5) is 0. The SMILES string of the molecule is OCc1cn(C2CCCNC2)nn1. The van der Waals surface area contributed by atoms with Crippen LogP contribution in [-0.2, 0) is 6.61 Å². The van der Waals surface area contributed by atoms with Crippen molar-refractivity contribution in [2.75, 3.05) is 13.1 Å². The van der Waals surface area contributed by atoms with E-state index in [0.717, 1.165) is 19.5 Å². The Hall–Kier alpha value is -0.940. The van der Waals surface area contributed by atoms with E-state index >= 15 is 0 Å². The molecule has 0 amide bonds. The molecule has 13 heavy (non-hydrogen) atoms. The van der Waals surface area contributed by atoms with E-state index in [1.807, 2.05) is 10.9 Å². The van der Waals surface area contributed by atoms with Gasteiger partial charge in [0.1, 0.15) is 5.69 Å². The molecule has 0 saturated carbocycles. The molecule has 5 nitrogen and oxygen atoms in total. The Labute approximate surface area is 76.8 Å². The van der Waals surface area contributed by atoms with Crippen molar-refractivity contribution in [2.24, 2.45) is 0 Å². The third-order valence-corrected chi connectivity index (χ3v) is 2.36.